The molecule has 0 spiro atoms. The van der Waals surface area contributed by atoms with Crippen LogP contribution >= 0.6 is 11.3 Å². The van der Waals surface area contributed by atoms with E-state index in [4.69, 9.17) is 4.74 Å². The van der Waals surface area contributed by atoms with Crippen molar-refractivity contribution in [1.29, 1.82) is 0 Å². The van der Waals surface area contributed by atoms with Gasteiger partial charge in [0.25, 0.3) is 0 Å². The Bertz CT molecular complexity index is 1110. The third-order valence-electron chi connectivity index (χ3n) is 7.37. The molecule has 0 saturated carbocycles. The lowest BCUT2D eigenvalue weighted by molar-refractivity contribution is 0.0679. The number of rotatable bonds is 9. The van der Waals surface area contributed by atoms with Gasteiger partial charge in [0, 0.05) is 72.3 Å². The molecule has 2 aliphatic heterocycles. The van der Waals surface area contributed by atoms with Gasteiger partial charge in [-0.2, -0.15) is 0 Å². The summed E-state index contributed by atoms with van der Waals surface area (Å²) >= 11 is 1.92. The van der Waals surface area contributed by atoms with Crippen LogP contribution in [0.25, 0.3) is 10.9 Å². The van der Waals surface area contributed by atoms with E-state index in [1.54, 1.807) is 21.0 Å². The number of alkyl halides is 1. The molecule has 1 saturated heterocycles. The van der Waals surface area contributed by atoms with Gasteiger partial charge in [-0.3, -0.25) is 4.90 Å². The van der Waals surface area contributed by atoms with E-state index < -0.39 is 5.67 Å². The molecule has 3 aromatic rings. The van der Waals surface area contributed by atoms with Crippen molar-refractivity contribution in [3.8, 4) is 0 Å². The summed E-state index contributed by atoms with van der Waals surface area (Å²) in [5, 5.41) is 1.31. The summed E-state index contributed by atoms with van der Waals surface area (Å²) in [7, 11) is 1.77. The first-order chi connectivity index (χ1) is 16.3. The number of H-pyrrole nitrogens is 1. The first kappa shape index (κ1) is 24.0. The largest absolute Gasteiger partial charge is 0.385 e. The molecule has 2 aliphatic rings. The Kier molecular flexibility index (Phi) is 6.86. The average molecular weight is 484 g/mol. The van der Waals surface area contributed by atoms with Crippen molar-refractivity contribution in [2.24, 2.45) is 5.92 Å². The Labute approximate surface area is 207 Å². The molecule has 4 nitrogen and oxygen atoms in total. The minimum Gasteiger partial charge on any atom is -0.385 e. The zero-order valence-corrected chi connectivity index (χ0v) is 21.8. The first-order valence-corrected chi connectivity index (χ1v) is 13.5. The van der Waals surface area contributed by atoms with Gasteiger partial charge >= 0.3 is 0 Å². The summed E-state index contributed by atoms with van der Waals surface area (Å²) in [5.41, 5.74) is 2.60. The molecule has 1 aromatic carbocycles. The number of nitrogens with zero attached hydrogens (tertiary/aromatic N) is 2. The van der Waals surface area contributed by atoms with Crippen LogP contribution in [0.2, 0.25) is 0 Å². The Morgan fingerprint density at radius 1 is 1.18 bits per heavy atom. The number of methoxy groups -OCH3 is 1. The Morgan fingerprint density at radius 3 is 2.74 bits per heavy atom. The van der Waals surface area contributed by atoms with E-state index in [9.17, 15) is 4.39 Å². The van der Waals surface area contributed by atoms with E-state index in [0.29, 0.717) is 6.54 Å². The SMILES string of the molecule is COCCCN1CC(Cc2ccc([C@@H]3c4[nH]c5ccccc5c4C[C@@H](C)N3CC(C)(C)F)s2)C1. The number of fused-ring (bicyclic) bond motifs is 3. The summed E-state index contributed by atoms with van der Waals surface area (Å²) < 4.78 is 20.1. The van der Waals surface area contributed by atoms with Crippen molar-refractivity contribution in [3.05, 3.63) is 57.4 Å². The fraction of sp³-hybridized carbons (Fsp3) is 0.571. The smallest absolute Gasteiger partial charge is 0.118 e. The second-order valence-electron chi connectivity index (χ2n) is 10.9. The van der Waals surface area contributed by atoms with Crippen LogP contribution in [0.5, 0.6) is 0 Å². The quantitative estimate of drug-likeness (QED) is 0.389. The number of aromatic nitrogens is 1. The molecule has 2 aromatic heterocycles. The molecule has 6 heteroatoms. The van der Waals surface area contributed by atoms with Crippen LogP contribution in [-0.4, -0.2) is 66.4 Å². The van der Waals surface area contributed by atoms with Crippen LogP contribution < -0.4 is 0 Å². The van der Waals surface area contributed by atoms with Gasteiger partial charge in [-0.1, -0.05) is 18.2 Å². The fourth-order valence-corrected chi connectivity index (χ4v) is 7.11. The molecule has 0 aliphatic carbocycles. The highest BCUT2D eigenvalue weighted by Gasteiger charge is 2.39. The summed E-state index contributed by atoms with van der Waals surface area (Å²) in [6, 6.07) is 13.6. The number of ether oxygens (including phenoxy) is 1. The van der Waals surface area contributed by atoms with E-state index in [1.807, 2.05) is 11.3 Å². The predicted octanol–water partition coefficient (Wildman–Crippen LogP) is 5.82. The van der Waals surface area contributed by atoms with Crippen molar-refractivity contribution in [1.82, 2.24) is 14.8 Å². The molecule has 1 N–H and O–H groups in total. The summed E-state index contributed by atoms with van der Waals surface area (Å²) in [5.74, 6) is 0.740. The first-order valence-electron chi connectivity index (χ1n) is 12.7. The summed E-state index contributed by atoms with van der Waals surface area (Å²) in [6.07, 6.45) is 3.20. The van der Waals surface area contributed by atoms with Gasteiger partial charge < -0.3 is 14.6 Å². The van der Waals surface area contributed by atoms with E-state index >= 15 is 0 Å². The van der Waals surface area contributed by atoms with Crippen LogP contribution in [0.4, 0.5) is 4.39 Å². The van der Waals surface area contributed by atoms with Crippen LogP contribution in [0, 0.1) is 5.92 Å². The van der Waals surface area contributed by atoms with Gasteiger partial charge in [0.1, 0.15) is 5.67 Å². The molecule has 5 rings (SSSR count). The van der Waals surface area contributed by atoms with Gasteiger partial charge in [0.2, 0.25) is 0 Å². The second kappa shape index (κ2) is 9.73. The lowest BCUT2D eigenvalue weighted by atomic mass is 9.90. The van der Waals surface area contributed by atoms with E-state index in [0.717, 1.165) is 38.3 Å². The van der Waals surface area contributed by atoms with E-state index in [1.165, 1.54) is 45.0 Å². The number of benzene rings is 1. The minimum absolute atomic E-state index is 0.0758. The molecule has 34 heavy (non-hydrogen) atoms. The zero-order valence-electron chi connectivity index (χ0n) is 20.9. The maximum atomic E-state index is 14.9. The molecular formula is C28H38FN3OS. The Balaban J connectivity index is 1.38. The summed E-state index contributed by atoms with van der Waals surface area (Å²) in [4.78, 5) is 11.4. The van der Waals surface area contributed by atoms with Crippen molar-refractivity contribution >= 4 is 22.2 Å². The molecule has 0 unspecified atom stereocenters. The standard InChI is InChI=1S/C28H38FN3OS/c1-19-14-23-22-8-5-6-9-24(22)30-26(23)27(32(19)18-28(2,3)29)25-11-10-21(34-25)15-20-16-31(17-20)12-7-13-33-4/h5-6,8-11,19-20,27,30H,7,12-18H2,1-4H3/t19-,27-/m1/s1. The van der Waals surface area contributed by atoms with Crippen LogP contribution in [0.1, 0.15) is 54.2 Å². The van der Waals surface area contributed by atoms with Gasteiger partial charge in [-0.25, -0.2) is 4.39 Å². The van der Waals surface area contributed by atoms with Crippen molar-refractivity contribution < 1.29 is 9.13 Å². The molecule has 1 fully saturated rings. The maximum absolute atomic E-state index is 14.9. The lowest BCUT2D eigenvalue weighted by Crippen LogP contribution is -2.48. The van der Waals surface area contributed by atoms with Crippen molar-refractivity contribution in [2.75, 3.05) is 39.9 Å². The third kappa shape index (κ3) is 4.97. The van der Waals surface area contributed by atoms with Gasteiger partial charge in [0.05, 0.1) is 6.04 Å². The lowest BCUT2D eigenvalue weighted by Gasteiger charge is -2.42. The molecule has 0 bridgehead atoms. The summed E-state index contributed by atoms with van der Waals surface area (Å²) in [6.45, 7) is 10.4. The third-order valence-corrected chi connectivity index (χ3v) is 8.53. The number of nitrogens with one attached hydrogen (secondary N) is 1. The van der Waals surface area contributed by atoms with E-state index in [2.05, 4.69) is 58.1 Å². The van der Waals surface area contributed by atoms with Gasteiger partial charge in [0.15, 0.2) is 0 Å². The van der Waals surface area contributed by atoms with Crippen molar-refractivity contribution in [3.63, 3.8) is 0 Å². The second-order valence-corrected chi connectivity index (χ2v) is 12.1. The van der Waals surface area contributed by atoms with Crippen LogP contribution in [-0.2, 0) is 17.6 Å². The van der Waals surface area contributed by atoms with E-state index in [-0.39, 0.29) is 12.1 Å². The molecule has 4 heterocycles. The number of thiophene rings is 1. The molecule has 2 atom stereocenters. The average Bonchev–Trinajstić information content (AvgIpc) is 3.36. The van der Waals surface area contributed by atoms with Gasteiger partial charge in [-0.05, 0) is 69.7 Å². The van der Waals surface area contributed by atoms with Crippen LogP contribution in [0.3, 0.4) is 0 Å². The maximum Gasteiger partial charge on any atom is 0.118 e. The Hall–Kier alpha value is -1.73. The number of para-hydroxylation sites is 1. The minimum atomic E-state index is -1.24. The number of halogens is 1. The number of hydrogen-bond acceptors (Lipinski definition) is 4. The van der Waals surface area contributed by atoms with Crippen LogP contribution in [0.15, 0.2) is 36.4 Å². The number of aromatic amines is 1. The zero-order chi connectivity index (χ0) is 23.9. The number of likely N-dealkylation sites (tertiary alicyclic amines) is 1. The molecule has 0 radical (unpaired) electrons. The normalized spacial score (nSPS) is 22.3. The molecular weight excluding hydrogens is 445 g/mol. The molecule has 0 amide bonds. The molecule has 184 valence electrons. The van der Waals surface area contributed by atoms with Gasteiger partial charge in [-0.15, -0.1) is 11.3 Å². The highest BCUT2D eigenvalue weighted by atomic mass is 32.1. The topological polar surface area (TPSA) is 31.5 Å². The Morgan fingerprint density at radius 2 is 1.97 bits per heavy atom. The van der Waals surface area contributed by atoms with Crippen molar-refractivity contribution in [2.45, 2.75) is 57.8 Å². The highest BCUT2D eigenvalue weighted by molar-refractivity contribution is 7.12. The fourth-order valence-electron chi connectivity index (χ4n) is 5.85. The number of hydrogen-bond donors (Lipinski definition) is 1. The highest BCUT2D eigenvalue weighted by Crippen LogP contribution is 2.44. The monoisotopic (exact) mass is 483 g/mol. The predicted molar refractivity (Wildman–Crippen MR) is 140 cm³/mol.